The molecule has 0 unspecified atom stereocenters. The van der Waals surface area contributed by atoms with Crippen LogP contribution in [0.4, 0.5) is 0 Å². The van der Waals surface area contributed by atoms with Gasteiger partial charge >= 0.3 is 0 Å². The highest BCUT2D eigenvalue weighted by Crippen LogP contribution is 2.27. The van der Waals surface area contributed by atoms with E-state index in [0.29, 0.717) is 18.1 Å². The summed E-state index contributed by atoms with van der Waals surface area (Å²) in [5.41, 5.74) is 9.21. The van der Waals surface area contributed by atoms with Crippen molar-refractivity contribution in [1.29, 1.82) is 0 Å². The monoisotopic (exact) mass is 300 g/mol. The summed E-state index contributed by atoms with van der Waals surface area (Å²) in [5, 5.41) is 1.90. The minimum absolute atomic E-state index is 0.528. The number of halogens is 1. The van der Waals surface area contributed by atoms with E-state index in [2.05, 4.69) is 22.9 Å². The Balaban J connectivity index is 2.08. The van der Waals surface area contributed by atoms with Gasteiger partial charge in [0.25, 0.3) is 0 Å². The van der Waals surface area contributed by atoms with Crippen molar-refractivity contribution >= 4 is 22.5 Å². The number of benzene rings is 2. The maximum absolute atomic E-state index is 6.11. The molecule has 0 spiro atoms. The molecule has 21 heavy (non-hydrogen) atoms. The molecule has 108 valence electrons. The summed E-state index contributed by atoms with van der Waals surface area (Å²) in [7, 11) is 1.67. The van der Waals surface area contributed by atoms with Crippen LogP contribution in [0, 0.1) is 0 Å². The summed E-state index contributed by atoms with van der Waals surface area (Å²) in [6, 6.07) is 13.9. The average Bonchev–Trinajstić information content (AvgIpc) is 2.86. The van der Waals surface area contributed by atoms with Crippen molar-refractivity contribution in [2.75, 3.05) is 7.11 Å². The van der Waals surface area contributed by atoms with Crippen LogP contribution >= 0.6 is 11.6 Å². The third-order valence-corrected chi connectivity index (χ3v) is 3.91. The summed E-state index contributed by atoms with van der Waals surface area (Å²) in [6.07, 6.45) is 2.10. The fraction of sp³-hybridized carbons (Fsp3) is 0.176. The van der Waals surface area contributed by atoms with Crippen molar-refractivity contribution in [2.45, 2.75) is 13.1 Å². The predicted molar refractivity (Wildman–Crippen MR) is 86.9 cm³/mol. The Labute approximate surface area is 128 Å². The lowest BCUT2D eigenvalue weighted by Crippen LogP contribution is -2.01. The topological polar surface area (TPSA) is 40.2 Å². The minimum Gasteiger partial charge on any atom is -0.496 e. The van der Waals surface area contributed by atoms with Crippen LogP contribution in [0.15, 0.2) is 48.7 Å². The number of aromatic nitrogens is 1. The van der Waals surface area contributed by atoms with Gasteiger partial charge in [0.1, 0.15) is 5.75 Å². The molecule has 0 aliphatic rings. The zero-order valence-electron chi connectivity index (χ0n) is 11.8. The van der Waals surface area contributed by atoms with Crippen LogP contribution < -0.4 is 10.5 Å². The molecular formula is C17H17ClN2O. The van der Waals surface area contributed by atoms with Gasteiger partial charge in [0.05, 0.1) is 13.7 Å². The number of hydrogen-bond donors (Lipinski definition) is 1. The van der Waals surface area contributed by atoms with E-state index in [9.17, 15) is 0 Å². The smallest absolute Gasteiger partial charge is 0.123 e. The second-order valence-corrected chi connectivity index (χ2v) is 5.40. The summed E-state index contributed by atoms with van der Waals surface area (Å²) in [4.78, 5) is 0. The Morgan fingerprint density at radius 3 is 2.71 bits per heavy atom. The van der Waals surface area contributed by atoms with Gasteiger partial charge in [-0.15, -0.1) is 0 Å². The summed E-state index contributed by atoms with van der Waals surface area (Å²) in [6.45, 7) is 1.23. The minimum atomic E-state index is 0.528. The highest BCUT2D eigenvalue weighted by atomic mass is 35.5. The van der Waals surface area contributed by atoms with E-state index in [4.69, 9.17) is 22.1 Å². The average molecular weight is 301 g/mol. The molecule has 3 rings (SSSR count). The normalized spacial score (nSPS) is 11.0. The zero-order valence-corrected chi connectivity index (χ0v) is 12.6. The lowest BCUT2D eigenvalue weighted by atomic mass is 10.2. The van der Waals surface area contributed by atoms with Crippen molar-refractivity contribution in [2.24, 2.45) is 5.73 Å². The molecule has 1 aromatic heterocycles. The first-order valence-corrected chi connectivity index (χ1v) is 7.20. The highest BCUT2D eigenvalue weighted by molar-refractivity contribution is 6.30. The highest BCUT2D eigenvalue weighted by Gasteiger charge is 2.10. The summed E-state index contributed by atoms with van der Waals surface area (Å²) in [5.74, 6) is 0.839. The predicted octanol–water partition coefficient (Wildman–Crippen LogP) is 3.81. The van der Waals surface area contributed by atoms with Crippen molar-refractivity contribution in [3.63, 3.8) is 0 Å². The van der Waals surface area contributed by atoms with Crippen molar-refractivity contribution < 1.29 is 4.74 Å². The molecule has 0 bridgehead atoms. The Morgan fingerprint density at radius 1 is 1.14 bits per heavy atom. The molecule has 4 heteroatoms. The van der Waals surface area contributed by atoms with Crippen LogP contribution in [-0.2, 0) is 13.1 Å². The number of methoxy groups -OCH3 is 1. The maximum atomic E-state index is 6.11. The zero-order chi connectivity index (χ0) is 14.8. The van der Waals surface area contributed by atoms with Crippen LogP contribution in [0.1, 0.15) is 11.1 Å². The van der Waals surface area contributed by atoms with Crippen LogP contribution in [0.5, 0.6) is 5.75 Å². The Hall–Kier alpha value is -1.97. The van der Waals surface area contributed by atoms with Gasteiger partial charge in [-0.1, -0.05) is 29.8 Å². The van der Waals surface area contributed by atoms with E-state index >= 15 is 0 Å². The van der Waals surface area contributed by atoms with Gasteiger partial charge in [-0.05, 0) is 29.8 Å². The number of para-hydroxylation sites is 1. The number of nitrogens with two attached hydrogens (primary N) is 1. The third-order valence-electron chi connectivity index (χ3n) is 3.67. The van der Waals surface area contributed by atoms with E-state index in [-0.39, 0.29) is 0 Å². The number of ether oxygens (including phenoxy) is 1. The fourth-order valence-electron chi connectivity index (χ4n) is 2.67. The Bertz CT molecular complexity index is 780. The lowest BCUT2D eigenvalue weighted by molar-refractivity contribution is 0.408. The molecule has 0 aliphatic heterocycles. The number of nitrogens with zero attached hydrogens (tertiary/aromatic N) is 1. The molecule has 0 atom stereocenters. The van der Waals surface area contributed by atoms with Crippen LogP contribution in [-0.4, -0.2) is 11.7 Å². The van der Waals surface area contributed by atoms with Gasteiger partial charge in [0, 0.05) is 34.2 Å². The first-order chi connectivity index (χ1) is 10.2. The van der Waals surface area contributed by atoms with Crippen molar-refractivity contribution in [3.8, 4) is 5.75 Å². The third kappa shape index (κ3) is 2.62. The lowest BCUT2D eigenvalue weighted by Gasteiger charge is -2.11. The summed E-state index contributed by atoms with van der Waals surface area (Å²) >= 11 is 6.11. The van der Waals surface area contributed by atoms with Crippen LogP contribution in [0.3, 0.4) is 0 Å². The van der Waals surface area contributed by atoms with E-state index in [0.717, 1.165) is 16.9 Å². The molecule has 2 N–H and O–H groups in total. The standard InChI is InChI=1S/C17H17ClN2O/c1-21-17-7-6-14(18)8-12(17)10-20-11-13(9-19)15-4-2-3-5-16(15)20/h2-8,11H,9-10,19H2,1H3. The van der Waals surface area contributed by atoms with Crippen LogP contribution in [0.25, 0.3) is 10.9 Å². The second-order valence-electron chi connectivity index (χ2n) is 4.96. The Morgan fingerprint density at radius 2 is 1.95 bits per heavy atom. The van der Waals surface area contributed by atoms with Gasteiger partial charge in [-0.25, -0.2) is 0 Å². The van der Waals surface area contributed by atoms with Gasteiger partial charge in [0.15, 0.2) is 0 Å². The molecule has 0 amide bonds. The molecule has 0 fully saturated rings. The molecule has 0 saturated heterocycles. The van der Waals surface area contributed by atoms with Gasteiger partial charge in [-0.3, -0.25) is 0 Å². The maximum Gasteiger partial charge on any atom is 0.123 e. The summed E-state index contributed by atoms with van der Waals surface area (Å²) < 4.78 is 7.61. The quantitative estimate of drug-likeness (QED) is 0.796. The molecule has 1 heterocycles. The van der Waals surface area contributed by atoms with Crippen LogP contribution in [0.2, 0.25) is 5.02 Å². The number of rotatable bonds is 4. The SMILES string of the molecule is COc1ccc(Cl)cc1Cn1cc(CN)c2ccccc21. The molecule has 2 aromatic carbocycles. The molecule has 3 nitrogen and oxygen atoms in total. The number of hydrogen-bond acceptors (Lipinski definition) is 2. The number of fused-ring (bicyclic) bond motifs is 1. The fourth-order valence-corrected chi connectivity index (χ4v) is 2.87. The van der Waals surface area contributed by atoms with E-state index in [1.54, 1.807) is 7.11 Å². The van der Waals surface area contributed by atoms with Gasteiger partial charge < -0.3 is 15.0 Å². The first kappa shape index (κ1) is 14.0. The van der Waals surface area contributed by atoms with E-state index < -0.39 is 0 Å². The molecule has 0 radical (unpaired) electrons. The van der Waals surface area contributed by atoms with Crippen molar-refractivity contribution in [3.05, 3.63) is 64.8 Å². The molecule has 0 aliphatic carbocycles. The van der Waals surface area contributed by atoms with E-state index in [1.807, 2.05) is 30.3 Å². The first-order valence-electron chi connectivity index (χ1n) is 6.82. The largest absolute Gasteiger partial charge is 0.496 e. The van der Waals surface area contributed by atoms with Gasteiger partial charge in [-0.2, -0.15) is 0 Å². The molecule has 0 saturated carbocycles. The molecule has 3 aromatic rings. The molecular weight excluding hydrogens is 284 g/mol. The second kappa shape index (κ2) is 5.80. The van der Waals surface area contributed by atoms with Gasteiger partial charge in [0.2, 0.25) is 0 Å². The van der Waals surface area contributed by atoms with E-state index in [1.165, 1.54) is 10.9 Å². The Kier molecular flexibility index (Phi) is 3.86. The van der Waals surface area contributed by atoms with Crippen molar-refractivity contribution in [1.82, 2.24) is 4.57 Å².